The fourth-order valence-electron chi connectivity index (χ4n) is 4.79. The molecule has 0 fully saturated rings. The Labute approximate surface area is 217 Å². The maximum Gasteiger partial charge on any atom is 0.341 e. The van der Waals surface area contributed by atoms with Crippen LogP contribution in [-0.4, -0.2) is 38.5 Å². The van der Waals surface area contributed by atoms with Crippen LogP contribution < -0.4 is 5.32 Å². The molecule has 3 aromatic heterocycles. The second-order valence-corrected chi connectivity index (χ2v) is 12.3. The number of rotatable bonds is 7. The molecule has 10 heteroatoms. The molecule has 0 spiro atoms. The Balaban J connectivity index is 1.29. The van der Waals surface area contributed by atoms with Gasteiger partial charge in [0, 0.05) is 27.7 Å². The lowest BCUT2D eigenvalue weighted by Gasteiger charge is -2.14. The van der Waals surface area contributed by atoms with Crippen molar-refractivity contribution in [1.29, 1.82) is 0 Å². The number of carbonyl (C=O) groups excluding carboxylic acids is 2. The van der Waals surface area contributed by atoms with Gasteiger partial charge in [-0.25, -0.2) is 4.79 Å². The fourth-order valence-corrected chi connectivity index (χ4v) is 7.92. The molecule has 0 saturated carbocycles. The number of thioether (sulfide) groups is 1. The summed E-state index contributed by atoms with van der Waals surface area (Å²) < 4.78 is 7.47. The summed E-state index contributed by atoms with van der Waals surface area (Å²) in [7, 11) is 1.95. The lowest BCUT2D eigenvalue weighted by atomic mass is 9.95. The lowest BCUT2D eigenvalue weighted by Crippen LogP contribution is -2.19. The molecule has 186 valence electrons. The monoisotopic (exact) mass is 530 g/mol. The van der Waals surface area contributed by atoms with E-state index in [2.05, 4.69) is 20.9 Å². The number of thiophene rings is 2. The number of ether oxygens (including phenoxy) is 1. The molecule has 3 heterocycles. The highest BCUT2D eigenvalue weighted by Gasteiger charge is 2.28. The van der Waals surface area contributed by atoms with Gasteiger partial charge < -0.3 is 14.6 Å². The number of esters is 1. The number of aryl methyl sites for hydroxylation is 2. The number of hydrogen-bond donors (Lipinski definition) is 1. The predicted octanol–water partition coefficient (Wildman–Crippen LogP) is 5.66. The molecule has 0 aromatic carbocycles. The van der Waals surface area contributed by atoms with Crippen LogP contribution in [-0.2, 0) is 42.3 Å². The van der Waals surface area contributed by atoms with Gasteiger partial charge >= 0.3 is 5.97 Å². The summed E-state index contributed by atoms with van der Waals surface area (Å²) in [5.41, 5.74) is 4.17. The Morgan fingerprint density at radius 3 is 2.57 bits per heavy atom. The smallest absolute Gasteiger partial charge is 0.341 e. The van der Waals surface area contributed by atoms with Gasteiger partial charge in [-0.05, 0) is 76.3 Å². The van der Waals surface area contributed by atoms with Crippen LogP contribution in [0.25, 0.3) is 11.4 Å². The zero-order valence-electron chi connectivity index (χ0n) is 20.3. The number of hydrogen-bond acceptors (Lipinski definition) is 8. The quantitative estimate of drug-likeness (QED) is 0.313. The number of nitrogens with one attached hydrogen (secondary N) is 1. The van der Waals surface area contributed by atoms with Crippen molar-refractivity contribution < 1.29 is 14.3 Å². The number of amides is 1. The second kappa shape index (κ2) is 10.4. The van der Waals surface area contributed by atoms with E-state index in [-0.39, 0.29) is 23.7 Å². The minimum Gasteiger partial charge on any atom is -0.459 e. The Bertz CT molecular complexity index is 1260. The topological polar surface area (TPSA) is 86.1 Å². The largest absolute Gasteiger partial charge is 0.459 e. The van der Waals surface area contributed by atoms with Crippen LogP contribution in [0.1, 0.15) is 70.8 Å². The molecule has 0 bridgehead atoms. The Morgan fingerprint density at radius 1 is 1.09 bits per heavy atom. The normalized spacial score (nSPS) is 15.1. The van der Waals surface area contributed by atoms with E-state index in [9.17, 15) is 9.59 Å². The van der Waals surface area contributed by atoms with Gasteiger partial charge in [-0.2, -0.15) is 0 Å². The van der Waals surface area contributed by atoms with E-state index in [0.29, 0.717) is 15.7 Å². The molecule has 0 aliphatic heterocycles. The van der Waals surface area contributed by atoms with E-state index in [0.717, 1.165) is 49.9 Å². The molecule has 1 amide bonds. The molecule has 35 heavy (non-hydrogen) atoms. The van der Waals surface area contributed by atoms with Crippen LogP contribution in [0.2, 0.25) is 0 Å². The van der Waals surface area contributed by atoms with Gasteiger partial charge in [-0.3, -0.25) is 4.79 Å². The van der Waals surface area contributed by atoms with Crippen LogP contribution in [0.4, 0.5) is 5.00 Å². The summed E-state index contributed by atoms with van der Waals surface area (Å²) in [6.45, 7) is 3.68. The molecule has 7 nitrogen and oxygen atoms in total. The predicted molar refractivity (Wildman–Crippen MR) is 142 cm³/mol. The van der Waals surface area contributed by atoms with Gasteiger partial charge in [0.05, 0.1) is 17.4 Å². The van der Waals surface area contributed by atoms with Crippen molar-refractivity contribution in [2.45, 2.75) is 76.5 Å². The first-order chi connectivity index (χ1) is 16.9. The highest BCUT2D eigenvalue weighted by atomic mass is 32.2. The Morgan fingerprint density at radius 2 is 1.80 bits per heavy atom. The van der Waals surface area contributed by atoms with E-state index >= 15 is 0 Å². The summed E-state index contributed by atoms with van der Waals surface area (Å²) in [4.78, 5) is 28.4. The first kappa shape index (κ1) is 24.5. The van der Waals surface area contributed by atoms with Crippen molar-refractivity contribution in [2.24, 2.45) is 7.05 Å². The Hall–Kier alpha value is -2.17. The summed E-state index contributed by atoms with van der Waals surface area (Å²) >= 11 is 4.68. The average Bonchev–Trinajstić information content (AvgIpc) is 3.51. The van der Waals surface area contributed by atoms with Crippen LogP contribution in [0, 0.1) is 0 Å². The molecule has 1 N–H and O–H groups in total. The van der Waals surface area contributed by atoms with Gasteiger partial charge in [0.2, 0.25) is 5.91 Å². The molecule has 5 rings (SSSR count). The van der Waals surface area contributed by atoms with E-state index in [4.69, 9.17) is 4.74 Å². The van der Waals surface area contributed by atoms with Gasteiger partial charge in [-0.15, -0.1) is 32.9 Å². The summed E-state index contributed by atoms with van der Waals surface area (Å²) in [5, 5.41) is 15.3. The fraction of sp³-hybridized carbons (Fsp3) is 0.520. The third-order valence-electron chi connectivity index (χ3n) is 6.44. The summed E-state index contributed by atoms with van der Waals surface area (Å²) in [6, 6.07) is 0. The third-order valence-corrected chi connectivity index (χ3v) is 9.76. The number of anilines is 1. The van der Waals surface area contributed by atoms with Crippen molar-refractivity contribution in [3.05, 3.63) is 31.8 Å². The molecule has 0 saturated heterocycles. The Kier molecular flexibility index (Phi) is 7.31. The van der Waals surface area contributed by atoms with E-state index < -0.39 is 0 Å². The maximum absolute atomic E-state index is 12.9. The first-order valence-corrected chi connectivity index (χ1v) is 14.9. The molecule has 0 atom stereocenters. The van der Waals surface area contributed by atoms with Crippen molar-refractivity contribution in [2.75, 3.05) is 11.1 Å². The van der Waals surface area contributed by atoms with Gasteiger partial charge in [-0.1, -0.05) is 11.8 Å². The number of nitrogens with zero attached hydrogens (tertiary/aromatic N) is 3. The van der Waals surface area contributed by atoms with Gasteiger partial charge in [0.15, 0.2) is 11.0 Å². The SMILES string of the molecule is CC(C)OC(=O)c1c(NC(=O)CSc2nnc(-c3csc4c3CCCC4)n2C)sc2c1CCCC2. The van der Waals surface area contributed by atoms with Crippen molar-refractivity contribution in [1.82, 2.24) is 14.8 Å². The standard InChI is InChI=1S/C25H30N4O3S3/c1-14(2)32-24(31)21-16-9-5-7-11-19(16)35-23(21)26-20(30)13-34-25-28-27-22(29(25)3)17-12-33-18-10-6-4-8-15(17)18/h12,14H,4-11,13H2,1-3H3,(H,26,30). The third kappa shape index (κ3) is 5.06. The van der Waals surface area contributed by atoms with Crippen molar-refractivity contribution >= 4 is 51.3 Å². The second-order valence-electron chi connectivity index (χ2n) is 9.33. The minimum atomic E-state index is -0.348. The maximum atomic E-state index is 12.9. The molecule has 0 unspecified atom stereocenters. The number of carbonyl (C=O) groups is 2. The van der Waals surface area contributed by atoms with E-state index in [1.165, 1.54) is 56.8 Å². The molecular formula is C25H30N4O3S3. The minimum absolute atomic E-state index is 0.162. The zero-order valence-corrected chi connectivity index (χ0v) is 22.8. The van der Waals surface area contributed by atoms with Crippen LogP contribution >= 0.6 is 34.4 Å². The summed E-state index contributed by atoms with van der Waals surface area (Å²) in [6.07, 6.45) is 8.47. The molecule has 3 aromatic rings. The van der Waals surface area contributed by atoms with Crippen LogP contribution in [0.15, 0.2) is 10.5 Å². The highest BCUT2D eigenvalue weighted by Crippen LogP contribution is 2.39. The lowest BCUT2D eigenvalue weighted by molar-refractivity contribution is -0.113. The van der Waals surface area contributed by atoms with Crippen molar-refractivity contribution in [3.63, 3.8) is 0 Å². The zero-order chi connectivity index (χ0) is 24.5. The summed E-state index contributed by atoms with van der Waals surface area (Å²) in [5.74, 6) is 0.538. The van der Waals surface area contributed by atoms with Gasteiger partial charge in [0.1, 0.15) is 5.00 Å². The molecule has 0 radical (unpaired) electrons. The van der Waals surface area contributed by atoms with Crippen LogP contribution in [0.3, 0.4) is 0 Å². The average molecular weight is 531 g/mol. The molecule has 2 aliphatic carbocycles. The van der Waals surface area contributed by atoms with E-state index in [1.807, 2.05) is 36.8 Å². The highest BCUT2D eigenvalue weighted by molar-refractivity contribution is 7.99. The van der Waals surface area contributed by atoms with E-state index in [1.54, 1.807) is 0 Å². The number of fused-ring (bicyclic) bond motifs is 2. The van der Waals surface area contributed by atoms with Gasteiger partial charge in [0.25, 0.3) is 0 Å². The first-order valence-electron chi connectivity index (χ1n) is 12.2. The number of aromatic nitrogens is 3. The molecular weight excluding hydrogens is 501 g/mol. The van der Waals surface area contributed by atoms with Crippen molar-refractivity contribution in [3.8, 4) is 11.4 Å². The van der Waals surface area contributed by atoms with Crippen LogP contribution in [0.5, 0.6) is 0 Å². The molecule has 2 aliphatic rings.